The zero-order chi connectivity index (χ0) is 17.7. The van der Waals surface area contributed by atoms with Gasteiger partial charge in [-0.3, -0.25) is 0 Å². The molecule has 1 heterocycles. The van der Waals surface area contributed by atoms with Crippen molar-refractivity contribution in [3.8, 4) is 5.75 Å². The number of unbranched alkanes of at least 4 members (excludes halogenated alkanes) is 2. The van der Waals surface area contributed by atoms with Crippen molar-refractivity contribution in [3.63, 3.8) is 0 Å². The predicted octanol–water partition coefficient (Wildman–Crippen LogP) is 3.78. The third-order valence-electron chi connectivity index (χ3n) is 3.65. The van der Waals surface area contributed by atoms with Crippen LogP contribution in [0.3, 0.4) is 0 Å². The van der Waals surface area contributed by atoms with Crippen molar-refractivity contribution in [2.75, 3.05) is 6.61 Å². The summed E-state index contributed by atoms with van der Waals surface area (Å²) in [7, 11) is 0. The third kappa shape index (κ3) is 4.60. The van der Waals surface area contributed by atoms with E-state index in [0.717, 1.165) is 30.6 Å². The van der Waals surface area contributed by atoms with Crippen LogP contribution < -0.4 is 4.74 Å². The molecule has 1 saturated heterocycles. The SMILES string of the molecule is CCCCCOc1cc(C=C2C(=O)OC(C)(C)OC2=O)ccc1C. The Bertz CT molecular complexity index is 636. The van der Waals surface area contributed by atoms with E-state index in [1.807, 2.05) is 25.1 Å². The summed E-state index contributed by atoms with van der Waals surface area (Å²) < 4.78 is 16.0. The monoisotopic (exact) mass is 332 g/mol. The molecule has 0 bridgehead atoms. The van der Waals surface area contributed by atoms with Crippen LogP contribution in [0.25, 0.3) is 6.08 Å². The van der Waals surface area contributed by atoms with E-state index < -0.39 is 17.7 Å². The quantitative estimate of drug-likeness (QED) is 0.343. The Morgan fingerprint density at radius 1 is 1.12 bits per heavy atom. The van der Waals surface area contributed by atoms with Gasteiger partial charge in [-0.1, -0.05) is 31.9 Å². The van der Waals surface area contributed by atoms with Gasteiger partial charge in [0.25, 0.3) is 5.79 Å². The molecule has 5 heteroatoms. The van der Waals surface area contributed by atoms with Crippen LogP contribution in [0.4, 0.5) is 0 Å². The summed E-state index contributed by atoms with van der Waals surface area (Å²) in [6, 6.07) is 5.53. The van der Waals surface area contributed by atoms with Crippen LogP contribution in [-0.2, 0) is 19.1 Å². The molecule has 2 rings (SSSR count). The lowest BCUT2D eigenvalue weighted by atomic mass is 10.1. The second kappa shape index (κ2) is 7.51. The molecule has 1 aromatic rings. The number of hydrogen-bond acceptors (Lipinski definition) is 5. The summed E-state index contributed by atoms with van der Waals surface area (Å²) in [5.41, 5.74) is 1.58. The van der Waals surface area contributed by atoms with Crippen LogP contribution in [0.2, 0.25) is 0 Å². The molecular weight excluding hydrogens is 308 g/mol. The Morgan fingerprint density at radius 2 is 1.79 bits per heavy atom. The van der Waals surface area contributed by atoms with Gasteiger partial charge in [0.15, 0.2) is 0 Å². The van der Waals surface area contributed by atoms with Crippen molar-refractivity contribution in [1.29, 1.82) is 0 Å². The van der Waals surface area contributed by atoms with Gasteiger partial charge in [0.1, 0.15) is 11.3 Å². The van der Waals surface area contributed by atoms with E-state index in [1.165, 1.54) is 19.9 Å². The molecule has 1 aromatic carbocycles. The Balaban J connectivity index is 2.17. The van der Waals surface area contributed by atoms with Gasteiger partial charge < -0.3 is 14.2 Å². The Kier molecular flexibility index (Phi) is 5.65. The molecular formula is C19H24O5. The lowest BCUT2D eigenvalue weighted by Crippen LogP contribution is -2.41. The van der Waals surface area contributed by atoms with Crippen molar-refractivity contribution >= 4 is 18.0 Å². The van der Waals surface area contributed by atoms with E-state index in [4.69, 9.17) is 14.2 Å². The number of hydrogen-bond donors (Lipinski definition) is 0. The van der Waals surface area contributed by atoms with E-state index in [2.05, 4.69) is 6.92 Å². The van der Waals surface area contributed by atoms with Crippen molar-refractivity contribution in [2.24, 2.45) is 0 Å². The Labute approximate surface area is 142 Å². The second-order valence-electron chi connectivity index (χ2n) is 6.32. The molecule has 0 radical (unpaired) electrons. The van der Waals surface area contributed by atoms with Crippen LogP contribution in [-0.4, -0.2) is 24.3 Å². The number of carbonyl (C=O) groups is 2. The first-order chi connectivity index (χ1) is 11.3. The van der Waals surface area contributed by atoms with E-state index in [1.54, 1.807) is 0 Å². The molecule has 0 N–H and O–H groups in total. The van der Waals surface area contributed by atoms with Gasteiger partial charge in [-0.05, 0) is 36.6 Å². The zero-order valence-corrected chi connectivity index (χ0v) is 14.7. The van der Waals surface area contributed by atoms with Crippen LogP contribution in [0.1, 0.15) is 51.2 Å². The van der Waals surface area contributed by atoms with Crippen LogP contribution in [0.15, 0.2) is 23.8 Å². The van der Waals surface area contributed by atoms with Crippen molar-refractivity contribution in [3.05, 3.63) is 34.9 Å². The number of aryl methyl sites for hydroxylation is 1. The molecule has 0 aromatic heterocycles. The van der Waals surface area contributed by atoms with Gasteiger partial charge in [0.2, 0.25) is 0 Å². The average Bonchev–Trinajstić information content (AvgIpc) is 2.49. The van der Waals surface area contributed by atoms with Crippen LogP contribution >= 0.6 is 0 Å². The first-order valence-electron chi connectivity index (χ1n) is 8.24. The smallest absolute Gasteiger partial charge is 0.348 e. The summed E-state index contributed by atoms with van der Waals surface area (Å²) in [6.07, 6.45) is 4.72. The fourth-order valence-corrected chi connectivity index (χ4v) is 2.34. The molecule has 0 atom stereocenters. The molecule has 0 saturated carbocycles. The van der Waals surface area contributed by atoms with E-state index in [0.29, 0.717) is 12.2 Å². The van der Waals surface area contributed by atoms with Gasteiger partial charge in [0.05, 0.1) is 6.61 Å². The molecule has 1 aliphatic heterocycles. The molecule has 0 amide bonds. The first kappa shape index (κ1) is 18.0. The number of ether oxygens (including phenoxy) is 3. The van der Waals surface area contributed by atoms with E-state index in [-0.39, 0.29) is 5.57 Å². The summed E-state index contributed by atoms with van der Waals surface area (Å²) in [4.78, 5) is 24.0. The van der Waals surface area contributed by atoms with Crippen molar-refractivity contribution < 1.29 is 23.8 Å². The molecule has 0 aliphatic carbocycles. The zero-order valence-electron chi connectivity index (χ0n) is 14.7. The minimum Gasteiger partial charge on any atom is -0.493 e. The highest BCUT2D eigenvalue weighted by molar-refractivity contribution is 6.18. The number of carbonyl (C=O) groups excluding carboxylic acids is 2. The topological polar surface area (TPSA) is 61.8 Å². The molecule has 1 aliphatic rings. The molecule has 0 spiro atoms. The van der Waals surface area contributed by atoms with E-state index in [9.17, 15) is 9.59 Å². The molecule has 130 valence electrons. The standard InChI is InChI=1S/C19H24O5/c1-5-6-7-10-22-16-12-14(9-8-13(16)2)11-15-17(20)23-19(3,4)24-18(15)21/h8-9,11-12H,5-7,10H2,1-4H3. The molecule has 24 heavy (non-hydrogen) atoms. The van der Waals surface area contributed by atoms with Gasteiger partial charge in [-0.15, -0.1) is 0 Å². The number of benzene rings is 1. The maximum Gasteiger partial charge on any atom is 0.348 e. The summed E-state index contributed by atoms with van der Waals surface area (Å²) >= 11 is 0. The van der Waals surface area contributed by atoms with Crippen LogP contribution in [0, 0.1) is 6.92 Å². The molecule has 5 nitrogen and oxygen atoms in total. The highest BCUT2D eigenvalue weighted by Crippen LogP contribution is 2.26. The minimum absolute atomic E-state index is 0.116. The number of rotatable bonds is 6. The van der Waals surface area contributed by atoms with E-state index >= 15 is 0 Å². The Hall–Kier alpha value is -2.30. The number of cyclic esters (lactones) is 2. The van der Waals surface area contributed by atoms with Crippen molar-refractivity contribution in [2.45, 2.75) is 52.7 Å². The maximum atomic E-state index is 12.0. The lowest BCUT2D eigenvalue weighted by Gasteiger charge is -2.29. The van der Waals surface area contributed by atoms with Crippen LogP contribution in [0.5, 0.6) is 5.75 Å². The summed E-state index contributed by atoms with van der Waals surface area (Å²) in [5.74, 6) is -1.84. The maximum absolute atomic E-state index is 12.0. The van der Waals surface area contributed by atoms with Gasteiger partial charge in [0, 0.05) is 13.8 Å². The summed E-state index contributed by atoms with van der Waals surface area (Å²) in [5, 5.41) is 0. The largest absolute Gasteiger partial charge is 0.493 e. The fraction of sp³-hybridized carbons (Fsp3) is 0.474. The van der Waals surface area contributed by atoms with Gasteiger partial charge in [-0.25, -0.2) is 9.59 Å². The highest BCUT2D eigenvalue weighted by atomic mass is 16.7. The number of esters is 2. The van der Waals surface area contributed by atoms with Gasteiger partial charge in [-0.2, -0.15) is 0 Å². The second-order valence-corrected chi connectivity index (χ2v) is 6.32. The average molecular weight is 332 g/mol. The van der Waals surface area contributed by atoms with Gasteiger partial charge >= 0.3 is 11.9 Å². The summed E-state index contributed by atoms with van der Waals surface area (Å²) in [6.45, 7) is 7.79. The highest BCUT2D eigenvalue weighted by Gasteiger charge is 2.38. The normalized spacial score (nSPS) is 16.4. The lowest BCUT2D eigenvalue weighted by molar-refractivity contribution is -0.222. The fourth-order valence-electron chi connectivity index (χ4n) is 2.34. The van der Waals surface area contributed by atoms with Crippen molar-refractivity contribution in [1.82, 2.24) is 0 Å². The minimum atomic E-state index is -1.23. The third-order valence-corrected chi connectivity index (χ3v) is 3.65. The first-order valence-corrected chi connectivity index (χ1v) is 8.24. The predicted molar refractivity (Wildman–Crippen MR) is 90.4 cm³/mol. The molecule has 1 fully saturated rings. The Morgan fingerprint density at radius 3 is 2.42 bits per heavy atom. The molecule has 0 unspecified atom stereocenters.